The molecule has 5 nitrogen and oxygen atoms in total. The number of hydrogen-bond donors (Lipinski definition) is 2. The standard InChI is InChI=1S/C10H14N4OS/c1-10(2,9(11)16)6-12-8(15)7-3-4-13-14-5-7/h3-5H,6H2,1-2H3,(H2,11,16)(H,12,15). The summed E-state index contributed by atoms with van der Waals surface area (Å²) in [6.45, 7) is 4.14. The summed E-state index contributed by atoms with van der Waals surface area (Å²) in [6, 6.07) is 1.59. The summed E-state index contributed by atoms with van der Waals surface area (Å²) < 4.78 is 0. The molecular weight excluding hydrogens is 224 g/mol. The van der Waals surface area contributed by atoms with Crippen LogP contribution in [0, 0.1) is 5.41 Å². The van der Waals surface area contributed by atoms with E-state index in [0.717, 1.165) is 0 Å². The van der Waals surface area contributed by atoms with E-state index in [4.69, 9.17) is 18.0 Å². The van der Waals surface area contributed by atoms with Crippen LogP contribution in [-0.4, -0.2) is 27.6 Å². The first-order valence-corrected chi connectivity index (χ1v) is 5.19. The summed E-state index contributed by atoms with van der Waals surface area (Å²) in [6.07, 6.45) is 2.87. The molecule has 1 heterocycles. The van der Waals surface area contributed by atoms with Crippen molar-refractivity contribution in [2.45, 2.75) is 13.8 Å². The van der Waals surface area contributed by atoms with Crippen LogP contribution in [0.15, 0.2) is 18.5 Å². The molecule has 1 aromatic heterocycles. The highest BCUT2D eigenvalue weighted by Gasteiger charge is 2.22. The third-order valence-electron chi connectivity index (χ3n) is 2.20. The monoisotopic (exact) mass is 238 g/mol. The second kappa shape index (κ2) is 4.98. The fourth-order valence-electron chi connectivity index (χ4n) is 0.915. The summed E-state index contributed by atoms with van der Waals surface area (Å²) in [5, 5.41) is 9.96. The Hall–Kier alpha value is -1.56. The quantitative estimate of drug-likeness (QED) is 0.747. The third-order valence-corrected chi connectivity index (χ3v) is 2.76. The van der Waals surface area contributed by atoms with Crippen molar-refractivity contribution in [2.24, 2.45) is 11.1 Å². The van der Waals surface area contributed by atoms with Crippen LogP contribution < -0.4 is 11.1 Å². The highest BCUT2D eigenvalue weighted by atomic mass is 32.1. The minimum Gasteiger partial charge on any atom is -0.393 e. The molecule has 0 aliphatic heterocycles. The number of amides is 1. The van der Waals surface area contributed by atoms with Gasteiger partial charge in [0.15, 0.2) is 0 Å². The summed E-state index contributed by atoms with van der Waals surface area (Å²) >= 11 is 4.90. The van der Waals surface area contributed by atoms with E-state index in [1.165, 1.54) is 12.4 Å². The van der Waals surface area contributed by atoms with Crippen LogP contribution in [-0.2, 0) is 0 Å². The first-order chi connectivity index (χ1) is 7.43. The zero-order chi connectivity index (χ0) is 12.2. The average molecular weight is 238 g/mol. The van der Waals surface area contributed by atoms with Gasteiger partial charge in [-0.25, -0.2) is 0 Å². The van der Waals surface area contributed by atoms with E-state index in [0.29, 0.717) is 17.1 Å². The molecule has 0 radical (unpaired) electrons. The van der Waals surface area contributed by atoms with E-state index in [-0.39, 0.29) is 5.91 Å². The van der Waals surface area contributed by atoms with E-state index in [1.807, 2.05) is 13.8 Å². The van der Waals surface area contributed by atoms with Crippen molar-refractivity contribution in [3.63, 3.8) is 0 Å². The highest BCUT2D eigenvalue weighted by molar-refractivity contribution is 7.80. The van der Waals surface area contributed by atoms with Crippen LogP contribution in [0.3, 0.4) is 0 Å². The maximum Gasteiger partial charge on any atom is 0.253 e. The van der Waals surface area contributed by atoms with Crippen molar-refractivity contribution in [1.82, 2.24) is 15.5 Å². The third kappa shape index (κ3) is 3.23. The van der Waals surface area contributed by atoms with Crippen molar-refractivity contribution >= 4 is 23.1 Å². The fourth-order valence-corrected chi connectivity index (χ4v) is 0.988. The number of thiocarbonyl (C=S) groups is 1. The molecule has 0 aliphatic rings. The van der Waals surface area contributed by atoms with Crippen molar-refractivity contribution in [3.8, 4) is 0 Å². The lowest BCUT2D eigenvalue weighted by atomic mass is 9.93. The van der Waals surface area contributed by atoms with E-state index in [2.05, 4.69) is 15.5 Å². The smallest absolute Gasteiger partial charge is 0.253 e. The van der Waals surface area contributed by atoms with Crippen LogP contribution in [0.4, 0.5) is 0 Å². The molecule has 0 atom stereocenters. The maximum absolute atomic E-state index is 11.7. The summed E-state index contributed by atoms with van der Waals surface area (Å²) in [5.74, 6) is -0.209. The molecule has 1 amide bonds. The first-order valence-electron chi connectivity index (χ1n) is 4.78. The molecule has 0 unspecified atom stereocenters. The Kier molecular flexibility index (Phi) is 3.89. The van der Waals surface area contributed by atoms with Crippen LogP contribution in [0.2, 0.25) is 0 Å². The lowest BCUT2D eigenvalue weighted by molar-refractivity contribution is 0.0944. The van der Waals surface area contributed by atoms with Gasteiger partial charge in [-0.15, -0.1) is 0 Å². The molecule has 6 heteroatoms. The predicted octanol–water partition coefficient (Wildman–Crippen LogP) is 0.519. The number of nitrogens with two attached hydrogens (primary N) is 1. The number of carbonyl (C=O) groups is 1. The SMILES string of the molecule is CC(C)(CNC(=O)c1ccnnc1)C(N)=S. The Morgan fingerprint density at radius 1 is 1.56 bits per heavy atom. The number of rotatable bonds is 4. The van der Waals surface area contributed by atoms with Crippen molar-refractivity contribution < 1.29 is 4.79 Å². The van der Waals surface area contributed by atoms with Gasteiger partial charge in [0.05, 0.1) is 22.9 Å². The molecule has 0 spiro atoms. The number of nitrogens with one attached hydrogen (secondary N) is 1. The minimum atomic E-state index is -0.397. The Morgan fingerprint density at radius 3 is 2.75 bits per heavy atom. The summed E-state index contributed by atoms with van der Waals surface area (Å²) in [7, 11) is 0. The predicted molar refractivity (Wildman–Crippen MR) is 64.9 cm³/mol. The number of nitrogens with zero attached hydrogens (tertiary/aromatic N) is 2. The van der Waals surface area contributed by atoms with Crippen molar-refractivity contribution in [1.29, 1.82) is 0 Å². The zero-order valence-corrected chi connectivity index (χ0v) is 10.0. The van der Waals surface area contributed by atoms with E-state index in [9.17, 15) is 4.79 Å². The maximum atomic E-state index is 11.7. The highest BCUT2D eigenvalue weighted by Crippen LogP contribution is 2.13. The molecule has 0 fully saturated rings. The van der Waals surface area contributed by atoms with Gasteiger partial charge >= 0.3 is 0 Å². The van der Waals surface area contributed by atoms with Gasteiger partial charge in [0.1, 0.15) is 0 Å². The molecule has 0 bridgehead atoms. The Morgan fingerprint density at radius 2 is 2.25 bits per heavy atom. The molecule has 16 heavy (non-hydrogen) atoms. The molecule has 86 valence electrons. The Labute approximate surface area is 99.4 Å². The number of aromatic nitrogens is 2. The topological polar surface area (TPSA) is 80.9 Å². The first kappa shape index (κ1) is 12.5. The normalized spacial score (nSPS) is 10.9. The summed E-state index contributed by atoms with van der Waals surface area (Å²) in [4.78, 5) is 12.0. The lowest BCUT2D eigenvalue weighted by Crippen LogP contribution is -2.41. The van der Waals surface area contributed by atoms with Gasteiger partial charge in [0.25, 0.3) is 5.91 Å². The van der Waals surface area contributed by atoms with Gasteiger partial charge in [-0.3, -0.25) is 4.79 Å². The van der Waals surface area contributed by atoms with Crippen LogP contribution in [0.25, 0.3) is 0 Å². The van der Waals surface area contributed by atoms with Crippen molar-refractivity contribution in [2.75, 3.05) is 6.54 Å². The van der Waals surface area contributed by atoms with Gasteiger partial charge in [-0.05, 0) is 6.07 Å². The summed E-state index contributed by atoms with van der Waals surface area (Å²) in [5.41, 5.74) is 5.62. The van der Waals surface area contributed by atoms with Crippen LogP contribution >= 0.6 is 12.2 Å². The molecule has 0 saturated heterocycles. The lowest BCUT2D eigenvalue weighted by Gasteiger charge is -2.23. The second-order valence-electron chi connectivity index (χ2n) is 4.06. The average Bonchev–Trinajstić information content (AvgIpc) is 2.27. The Bertz CT molecular complexity index is 391. The molecule has 0 aromatic carbocycles. The number of hydrogen-bond acceptors (Lipinski definition) is 4. The molecule has 0 aliphatic carbocycles. The van der Waals surface area contributed by atoms with Gasteiger partial charge in [-0.1, -0.05) is 26.1 Å². The molecule has 3 N–H and O–H groups in total. The van der Waals surface area contributed by atoms with Gasteiger partial charge in [0, 0.05) is 12.0 Å². The molecule has 0 saturated carbocycles. The zero-order valence-electron chi connectivity index (χ0n) is 9.23. The Balaban J connectivity index is 2.58. The molecule has 1 rings (SSSR count). The van der Waals surface area contributed by atoms with Crippen LogP contribution in [0.1, 0.15) is 24.2 Å². The van der Waals surface area contributed by atoms with Gasteiger partial charge in [0.2, 0.25) is 0 Å². The van der Waals surface area contributed by atoms with Gasteiger partial charge in [-0.2, -0.15) is 10.2 Å². The van der Waals surface area contributed by atoms with Gasteiger partial charge < -0.3 is 11.1 Å². The minimum absolute atomic E-state index is 0.209. The van der Waals surface area contributed by atoms with E-state index < -0.39 is 5.41 Å². The molecule has 1 aromatic rings. The fraction of sp³-hybridized carbons (Fsp3) is 0.400. The molecular formula is C10H14N4OS. The van der Waals surface area contributed by atoms with Crippen LogP contribution in [0.5, 0.6) is 0 Å². The van der Waals surface area contributed by atoms with Crippen molar-refractivity contribution in [3.05, 3.63) is 24.0 Å². The largest absolute Gasteiger partial charge is 0.393 e. The second-order valence-corrected chi connectivity index (χ2v) is 4.50. The number of carbonyl (C=O) groups excluding carboxylic acids is 1. The van der Waals surface area contributed by atoms with E-state index >= 15 is 0 Å². The van der Waals surface area contributed by atoms with E-state index in [1.54, 1.807) is 6.07 Å².